The zero-order valence-electron chi connectivity index (χ0n) is 14.2. The Balaban J connectivity index is 0.00000169. The quantitative estimate of drug-likeness (QED) is 0.725. The molecule has 1 unspecified atom stereocenters. The first-order chi connectivity index (χ1) is 11.4. The molecule has 1 fully saturated rings. The fourth-order valence-electron chi connectivity index (χ4n) is 2.84. The molecule has 2 aromatic rings. The molecule has 0 spiro atoms. The second kappa shape index (κ2) is 9.58. The van der Waals surface area contributed by atoms with Crippen LogP contribution >= 0.6 is 59.4 Å². The normalized spacial score (nSPS) is 19.0. The Morgan fingerprint density at radius 2 is 2.12 bits per heavy atom. The topological polar surface area (TPSA) is 59.2 Å². The lowest BCUT2D eigenvalue weighted by molar-refractivity contribution is -0.129. The van der Waals surface area contributed by atoms with Crippen LogP contribution < -0.4 is 5.73 Å². The molecule has 1 aromatic carbocycles. The molecule has 9 heteroatoms. The summed E-state index contributed by atoms with van der Waals surface area (Å²) in [6.07, 6.45) is 1.26. The van der Waals surface area contributed by atoms with E-state index in [0.717, 1.165) is 35.8 Å². The zero-order valence-corrected chi connectivity index (χ0v) is 18.2. The van der Waals surface area contributed by atoms with Crippen molar-refractivity contribution in [1.82, 2.24) is 9.88 Å². The van der Waals surface area contributed by atoms with Gasteiger partial charge < -0.3 is 10.6 Å². The molecule has 4 nitrogen and oxygen atoms in total. The number of amides is 1. The highest BCUT2D eigenvalue weighted by molar-refractivity contribution is 7.13. The van der Waals surface area contributed by atoms with Crippen LogP contribution in [-0.2, 0) is 11.2 Å². The van der Waals surface area contributed by atoms with Gasteiger partial charge in [-0.25, -0.2) is 4.98 Å². The molecule has 0 radical (unpaired) electrons. The first-order valence-electron chi connectivity index (χ1n) is 7.78. The van der Waals surface area contributed by atoms with Crippen LogP contribution in [0.25, 0.3) is 10.6 Å². The summed E-state index contributed by atoms with van der Waals surface area (Å²) >= 11 is 13.6. The number of nitrogens with two attached hydrogens (primary N) is 1. The number of hydrogen-bond donors (Lipinski definition) is 1. The van der Waals surface area contributed by atoms with E-state index in [2.05, 4.69) is 11.9 Å². The van der Waals surface area contributed by atoms with E-state index in [1.165, 1.54) is 11.3 Å². The monoisotopic (exact) mass is 455 g/mol. The van der Waals surface area contributed by atoms with Crippen molar-refractivity contribution in [3.8, 4) is 10.6 Å². The number of carbonyl (C=O) groups excluding carboxylic acids is 1. The van der Waals surface area contributed by atoms with Gasteiger partial charge in [-0.15, -0.1) is 36.2 Å². The van der Waals surface area contributed by atoms with Gasteiger partial charge in [0.15, 0.2) is 0 Å². The molecule has 1 aliphatic rings. The van der Waals surface area contributed by atoms with E-state index < -0.39 is 0 Å². The number of rotatable bonds is 4. The molecule has 0 bridgehead atoms. The highest BCUT2D eigenvalue weighted by Gasteiger charge is 2.34. The summed E-state index contributed by atoms with van der Waals surface area (Å²) in [4.78, 5) is 18.9. The molecule has 26 heavy (non-hydrogen) atoms. The predicted molar refractivity (Wildman–Crippen MR) is 114 cm³/mol. The second-order valence-corrected chi connectivity index (χ2v) is 8.23. The van der Waals surface area contributed by atoms with E-state index in [1.54, 1.807) is 12.1 Å². The molecule has 1 aliphatic heterocycles. The fraction of sp³-hybridized carbons (Fsp3) is 0.412. The number of benzene rings is 1. The molecule has 1 saturated heterocycles. The van der Waals surface area contributed by atoms with Crippen LogP contribution in [0, 0.1) is 5.41 Å². The fourth-order valence-corrected chi connectivity index (χ4v) is 4.26. The molecule has 1 atom stereocenters. The summed E-state index contributed by atoms with van der Waals surface area (Å²) in [7, 11) is 0. The number of nitrogens with zero attached hydrogens (tertiary/aromatic N) is 2. The maximum Gasteiger partial charge on any atom is 0.228 e. The molecule has 2 heterocycles. The lowest BCUT2D eigenvalue weighted by atomic mass is 9.90. The Hall–Kier alpha value is -0.560. The molecule has 144 valence electrons. The highest BCUT2D eigenvalue weighted by atomic mass is 35.5. The Morgan fingerprint density at radius 1 is 1.38 bits per heavy atom. The third kappa shape index (κ3) is 5.24. The molecule has 1 aromatic heterocycles. The van der Waals surface area contributed by atoms with Gasteiger partial charge in [0.25, 0.3) is 0 Å². The molecule has 2 N–H and O–H groups in total. The van der Waals surface area contributed by atoms with Crippen molar-refractivity contribution in [3.63, 3.8) is 0 Å². The van der Waals surface area contributed by atoms with Crippen molar-refractivity contribution >= 4 is 65.3 Å². The van der Waals surface area contributed by atoms with Gasteiger partial charge in [-0.1, -0.05) is 30.1 Å². The second-order valence-electron chi connectivity index (χ2n) is 6.53. The van der Waals surface area contributed by atoms with Gasteiger partial charge in [-0.3, -0.25) is 4.79 Å². The molecular weight excluding hydrogens is 436 g/mol. The van der Waals surface area contributed by atoms with Crippen molar-refractivity contribution in [2.75, 3.05) is 19.6 Å². The third-order valence-electron chi connectivity index (χ3n) is 4.45. The van der Waals surface area contributed by atoms with E-state index in [1.807, 2.05) is 16.3 Å². The lowest BCUT2D eigenvalue weighted by Crippen LogP contribution is -2.35. The largest absolute Gasteiger partial charge is 0.342 e. The van der Waals surface area contributed by atoms with Crippen LogP contribution in [-0.4, -0.2) is 35.4 Å². The van der Waals surface area contributed by atoms with Gasteiger partial charge >= 0.3 is 0 Å². The van der Waals surface area contributed by atoms with Crippen LogP contribution in [0.4, 0.5) is 0 Å². The van der Waals surface area contributed by atoms with E-state index in [0.29, 0.717) is 23.0 Å². The van der Waals surface area contributed by atoms with Gasteiger partial charge in [0, 0.05) is 29.1 Å². The summed E-state index contributed by atoms with van der Waals surface area (Å²) in [5, 5.41) is 3.87. The molecule has 0 saturated carbocycles. The van der Waals surface area contributed by atoms with Crippen molar-refractivity contribution < 1.29 is 4.79 Å². The van der Waals surface area contributed by atoms with Gasteiger partial charge in [0.05, 0.1) is 17.1 Å². The first kappa shape index (κ1) is 23.5. The van der Waals surface area contributed by atoms with E-state index in [-0.39, 0.29) is 36.1 Å². The van der Waals surface area contributed by atoms with Crippen LogP contribution in [0.5, 0.6) is 0 Å². The van der Waals surface area contributed by atoms with Crippen molar-refractivity contribution in [3.05, 3.63) is 39.3 Å². The van der Waals surface area contributed by atoms with Gasteiger partial charge in [-0.2, -0.15) is 0 Å². The summed E-state index contributed by atoms with van der Waals surface area (Å²) in [6.45, 7) is 4.23. The van der Waals surface area contributed by atoms with E-state index in [4.69, 9.17) is 28.9 Å². The van der Waals surface area contributed by atoms with Crippen LogP contribution in [0.2, 0.25) is 10.0 Å². The number of carbonyl (C=O) groups is 1. The Labute approximate surface area is 179 Å². The predicted octanol–water partition coefficient (Wildman–Crippen LogP) is 4.70. The average Bonchev–Trinajstić information content (AvgIpc) is 3.15. The van der Waals surface area contributed by atoms with Gasteiger partial charge in [0.2, 0.25) is 5.91 Å². The zero-order chi connectivity index (χ0) is 17.3. The molecule has 1 amide bonds. The van der Waals surface area contributed by atoms with Crippen molar-refractivity contribution in [2.45, 2.75) is 19.8 Å². The smallest absolute Gasteiger partial charge is 0.228 e. The minimum Gasteiger partial charge on any atom is -0.342 e. The van der Waals surface area contributed by atoms with E-state index in [9.17, 15) is 4.79 Å². The highest BCUT2D eigenvalue weighted by Crippen LogP contribution is 2.33. The summed E-state index contributed by atoms with van der Waals surface area (Å²) in [5.41, 5.74) is 7.45. The Bertz CT molecular complexity index is 770. The molecular formula is C17H21Cl4N3OS. The lowest BCUT2D eigenvalue weighted by Gasteiger charge is -2.22. The maximum atomic E-state index is 12.5. The standard InChI is InChI=1S/C17H19Cl2N3OS.2ClH/c1-17(9-20)4-5-22(10-17)15(23)7-12-8-24-16(21-12)13-3-2-11(18)6-14(13)19;;/h2-3,6,8H,4-5,7,9-10,20H2,1H3;2*1H. The average molecular weight is 457 g/mol. The SMILES string of the molecule is CC1(CN)CCN(C(=O)Cc2csc(-c3ccc(Cl)cc3Cl)n2)C1.Cl.Cl. The summed E-state index contributed by atoms with van der Waals surface area (Å²) in [5.74, 6) is 0.103. The number of hydrogen-bond acceptors (Lipinski definition) is 4. The van der Waals surface area contributed by atoms with E-state index >= 15 is 0 Å². The summed E-state index contributed by atoms with van der Waals surface area (Å²) in [6, 6.07) is 5.33. The maximum absolute atomic E-state index is 12.5. The van der Waals surface area contributed by atoms with Crippen LogP contribution in [0.1, 0.15) is 19.0 Å². The van der Waals surface area contributed by atoms with Crippen LogP contribution in [0.3, 0.4) is 0 Å². The Morgan fingerprint density at radius 3 is 2.73 bits per heavy atom. The van der Waals surface area contributed by atoms with Crippen molar-refractivity contribution in [1.29, 1.82) is 0 Å². The third-order valence-corrected chi connectivity index (χ3v) is 5.92. The summed E-state index contributed by atoms with van der Waals surface area (Å²) < 4.78 is 0. The number of thiazole rings is 1. The molecule has 3 rings (SSSR count). The first-order valence-corrected chi connectivity index (χ1v) is 9.41. The Kier molecular flexibility index (Phi) is 8.65. The minimum absolute atomic E-state index is 0. The number of aromatic nitrogens is 1. The molecule has 0 aliphatic carbocycles. The number of halogens is 4. The van der Waals surface area contributed by atoms with Gasteiger partial charge in [-0.05, 0) is 36.6 Å². The number of likely N-dealkylation sites (tertiary alicyclic amines) is 1. The van der Waals surface area contributed by atoms with Gasteiger partial charge in [0.1, 0.15) is 5.01 Å². The van der Waals surface area contributed by atoms with Crippen molar-refractivity contribution in [2.24, 2.45) is 11.1 Å². The van der Waals surface area contributed by atoms with Crippen LogP contribution in [0.15, 0.2) is 23.6 Å². The minimum atomic E-state index is 0.